The molecule has 2 fully saturated rings. The van der Waals surface area contributed by atoms with Crippen molar-refractivity contribution in [2.75, 3.05) is 13.1 Å². The molecular weight excluding hydrogens is 316 g/mol. The minimum absolute atomic E-state index is 0.0651. The van der Waals surface area contributed by atoms with E-state index in [1.165, 1.54) is 19.3 Å². The molecular formula is C19H24N4O2. The van der Waals surface area contributed by atoms with Gasteiger partial charge in [0.1, 0.15) is 5.82 Å². The van der Waals surface area contributed by atoms with Crippen LogP contribution in [-0.2, 0) is 0 Å². The van der Waals surface area contributed by atoms with Crippen molar-refractivity contribution < 1.29 is 9.32 Å². The van der Waals surface area contributed by atoms with E-state index < -0.39 is 0 Å². The number of aryl methyl sites for hydroxylation is 1. The van der Waals surface area contributed by atoms with Crippen molar-refractivity contribution >= 4 is 5.91 Å². The molecule has 0 radical (unpaired) electrons. The molecule has 2 aliphatic rings. The van der Waals surface area contributed by atoms with Gasteiger partial charge in [-0.1, -0.05) is 24.4 Å². The summed E-state index contributed by atoms with van der Waals surface area (Å²) in [6.45, 7) is 3.31. The van der Waals surface area contributed by atoms with Crippen LogP contribution in [0.3, 0.4) is 0 Å². The first-order chi connectivity index (χ1) is 12.2. The summed E-state index contributed by atoms with van der Waals surface area (Å²) in [5, 5.41) is 4.17. The largest absolute Gasteiger partial charge is 0.351 e. The molecule has 132 valence electrons. The van der Waals surface area contributed by atoms with Gasteiger partial charge in [0.15, 0.2) is 0 Å². The third kappa shape index (κ3) is 3.43. The van der Waals surface area contributed by atoms with Crippen LogP contribution in [0.25, 0.3) is 0 Å². The Morgan fingerprint density at radius 1 is 1.20 bits per heavy atom. The number of amides is 1. The van der Waals surface area contributed by atoms with E-state index >= 15 is 0 Å². The third-order valence-corrected chi connectivity index (χ3v) is 5.42. The second kappa shape index (κ2) is 6.94. The molecule has 6 heteroatoms. The SMILES string of the molecule is Cc1ccnc([C@@H]2CCN(C(=O)c3cc(C4CCCCC4)no3)C2)n1. The lowest BCUT2D eigenvalue weighted by atomic mass is 9.87. The standard InChI is InChI=1S/C19H24N4O2/c1-13-7-9-20-18(21-13)15-8-10-23(12-15)19(24)17-11-16(22-25-17)14-5-3-2-4-6-14/h7,9,11,14-15H,2-6,8,10,12H2,1H3/t15-/m1/s1. The highest BCUT2D eigenvalue weighted by molar-refractivity contribution is 5.91. The fourth-order valence-electron chi connectivity index (χ4n) is 3.96. The fourth-order valence-corrected chi connectivity index (χ4v) is 3.96. The molecule has 2 aromatic heterocycles. The lowest BCUT2D eigenvalue weighted by Crippen LogP contribution is -2.28. The lowest BCUT2D eigenvalue weighted by Gasteiger charge is -2.18. The Bertz CT molecular complexity index is 751. The Hall–Kier alpha value is -2.24. The van der Waals surface area contributed by atoms with E-state index in [1.54, 1.807) is 6.20 Å². The van der Waals surface area contributed by atoms with E-state index in [0.29, 0.717) is 24.8 Å². The molecule has 1 aliphatic carbocycles. The lowest BCUT2D eigenvalue weighted by molar-refractivity contribution is 0.0749. The van der Waals surface area contributed by atoms with Gasteiger partial charge in [0.25, 0.3) is 5.91 Å². The fraction of sp³-hybridized carbons (Fsp3) is 0.579. The van der Waals surface area contributed by atoms with Crippen LogP contribution in [0.2, 0.25) is 0 Å². The zero-order chi connectivity index (χ0) is 17.2. The third-order valence-electron chi connectivity index (χ3n) is 5.42. The quantitative estimate of drug-likeness (QED) is 0.856. The maximum atomic E-state index is 12.7. The summed E-state index contributed by atoms with van der Waals surface area (Å²) in [7, 11) is 0. The van der Waals surface area contributed by atoms with Crippen LogP contribution in [0, 0.1) is 6.92 Å². The summed E-state index contributed by atoms with van der Waals surface area (Å²) in [5.74, 6) is 1.78. The second-order valence-corrected chi connectivity index (χ2v) is 7.24. The number of carbonyl (C=O) groups excluding carboxylic acids is 1. The minimum Gasteiger partial charge on any atom is -0.351 e. The van der Waals surface area contributed by atoms with Crippen LogP contribution in [-0.4, -0.2) is 39.0 Å². The molecule has 1 atom stereocenters. The number of likely N-dealkylation sites (tertiary alicyclic amines) is 1. The highest BCUT2D eigenvalue weighted by Crippen LogP contribution is 2.33. The van der Waals surface area contributed by atoms with Gasteiger partial charge in [0.05, 0.1) is 5.69 Å². The zero-order valence-corrected chi connectivity index (χ0v) is 14.6. The van der Waals surface area contributed by atoms with Gasteiger partial charge >= 0.3 is 0 Å². The first kappa shape index (κ1) is 16.2. The molecule has 0 aromatic carbocycles. The van der Waals surface area contributed by atoms with Crippen LogP contribution in [0.5, 0.6) is 0 Å². The van der Waals surface area contributed by atoms with Gasteiger partial charge < -0.3 is 9.42 Å². The minimum atomic E-state index is -0.0651. The van der Waals surface area contributed by atoms with Gasteiger partial charge in [-0.3, -0.25) is 4.79 Å². The Kier molecular flexibility index (Phi) is 4.51. The smallest absolute Gasteiger partial charge is 0.292 e. The van der Waals surface area contributed by atoms with Gasteiger partial charge in [-0.2, -0.15) is 0 Å². The molecule has 25 heavy (non-hydrogen) atoms. The van der Waals surface area contributed by atoms with Crippen LogP contribution >= 0.6 is 0 Å². The molecule has 1 amide bonds. The highest BCUT2D eigenvalue weighted by Gasteiger charge is 2.32. The monoisotopic (exact) mass is 340 g/mol. The molecule has 1 saturated heterocycles. The predicted octanol–water partition coefficient (Wildman–Crippen LogP) is 3.45. The van der Waals surface area contributed by atoms with Crippen molar-refractivity contribution in [3.63, 3.8) is 0 Å². The van der Waals surface area contributed by atoms with Crippen LogP contribution in [0.1, 0.15) is 78.1 Å². The summed E-state index contributed by atoms with van der Waals surface area (Å²) < 4.78 is 5.38. The maximum Gasteiger partial charge on any atom is 0.292 e. The summed E-state index contributed by atoms with van der Waals surface area (Å²) >= 11 is 0. The van der Waals surface area contributed by atoms with E-state index in [-0.39, 0.29) is 11.8 Å². The zero-order valence-electron chi connectivity index (χ0n) is 14.6. The van der Waals surface area contributed by atoms with E-state index in [1.807, 2.05) is 24.0 Å². The molecule has 2 aromatic rings. The summed E-state index contributed by atoms with van der Waals surface area (Å²) in [6, 6.07) is 3.75. The van der Waals surface area contributed by atoms with E-state index in [2.05, 4.69) is 15.1 Å². The summed E-state index contributed by atoms with van der Waals surface area (Å²) in [5.41, 5.74) is 1.91. The average Bonchev–Trinajstić information content (AvgIpc) is 3.32. The Labute approximate surface area is 147 Å². The highest BCUT2D eigenvalue weighted by atomic mass is 16.5. The van der Waals surface area contributed by atoms with Gasteiger partial charge in [0, 0.05) is 42.9 Å². The van der Waals surface area contributed by atoms with Crippen molar-refractivity contribution in [3.05, 3.63) is 41.3 Å². The summed E-state index contributed by atoms with van der Waals surface area (Å²) in [6.07, 6.45) is 8.76. The number of rotatable bonds is 3. The average molecular weight is 340 g/mol. The van der Waals surface area contributed by atoms with E-state index in [9.17, 15) is 4.79 Å². The van der Waals surface area contributed by atoms with Gasteiger partial charge in [-0.15, -0.1) is 0 Å². The van der Waals surface area contributed by atoms with Crippen molar-refractivity contribution in [1.29, 1.82) is 0 Å². The molecule has 0 unspecified atom stereocenters. The number of hydrogen-bond acceptors (Lipinski definition) is 5. The second-order valence-electron chi connectivity index (χ2n) is 7.24. The van der Waals surface area contributed by atoms with Crippen molar-refractivity contribution in [2.45, 2.75) is 57.3 Å². The van der Waals surface area contributed by atoms with Crippen LogP contribution in [0.4, 0.5) is 0 Å². The molecule has 1 aliphatic heterocycles. The van der Waals surface area contributed by atoms with Crippen LogP contribution < -0.4 is 0 Å². The molecule has 0 N–H and O–H groups in total. The molecule has 3 heterocycles. The maximum absolute atomic E-state index is 12.7. The molecule has 4 rings (SSSR count). The van der Waals surface area contributed by atoms with Crippen molar-refractivity contribution in [3.8, 4) is 0 Å². The van der Waals surface area contributed by atoms with Gasteiger partial charge in [-0.05, 0) is 32.3 Å². The number of aromatic nitrogens is 3. The molecule has 1 saturated carbocycles. The summed E-state index contributed by atoms with van der Waals surface area (Å²) in [4.78, 5) is 23.4. The van der Waals surface area contributed by atoms with Crippen molar-refractivity contribution in [2.24, 2.45) is 0 Å². The number of carbonyl (C=O) groups is 1. The molecule has 0 spiro atoms. The number of nitrogens with zero attached hydrogens (tertiary/aromatic N) is 4. The van der Waals surface area contributed by atoms with Crippen LogP contribution in [0.15, 0.2) is 22.9 Å². The number of hydrogen-bond donors (Lipinski definition) is 0. The molecule has 0 bridgehead atoms. The normalized spacial score (nSPS) is 21.6. The van der Waals surface area contributed by atoms with E-state index in [0.717, 1.165) is 36.5 Å². The Morgan fingerprint density at radius 2 is 2.04 bits per heavy atom. The van der Waals surface area contributed by atoms with E-state index in [4.69, 9.17) is 4.52 Å². The first-order valence-corrected chi connectivity index (χ1v) is 9.26. The Balaban J connectivity index is 1.42. The molecule has 6 nitrogen and oxygen atoms in total. The topological polar surface area (TPSA) is 72.1 Å². The first-order valence-electron chi connectivity index (χ1n) is 9.26. The van der Waals surface area contributed by atoms with Gasteiger partial charge in [-0.25, -0.2) is 9.97 Å². The van der Waals surface area contributed by atoms with Crippen molar-refractivity contribution in [1.82, 2.24) is 20.0 Å². The predicted molar refractivity (Wildman–Crippen MR) is 92.4 cm³/mol. The van der Waals surface area contributed by atoms with Gasteiger partial charge in [0.2, 0.25) is 5.76 Å². The Morgan fingerprint density at radius 3 is 2.84 bits per heavy atom.